The summed E-state index contributed by atoms with van der Waals surface area (Å²) >= 11 is 0. The second-order valence-electron chi connectivity index (χ2n) is 11.0. The molecule has 0 aromatic heterocycles. The van der Waals surface area contributed by atoms with Crippen LogP contribution in [0, 0.1) is 29.6 Å². The summed E-state index contributed by atoms with van der Waals surface area (Å²) in [6, 6.07) is 17.7. The smallest absolute Gasteiger partial charge is 0.0429 e. The molecule has 1 heterocycles. The minimum atomic E-state index is 0.542. The summed E-state index contributed by atoms with van der Waals surface area (Å²) in [6.07, 6.45) is 6.04. The molecule has 0 N–H and O–H groups in total. The highest BCUT2D eigenvalue weighted by Crippen LogP contribution is 2.54. The first-order valence-corrected chi connectivity index (χ1v) is 12.8. The largest absolute Gasteiger partial charge is 0.370 e. The van der Waals surface area contributed by atoms with Gasteiger partial charge in [-0.15, -0.1) is 0 Å². The molecule has 1 heteroatoms. The SMILES string of the molecule is CC1C2CC[C@@H](C)[C@@H](C)CCC12.C[C@@H]1c2ccccc2N(C)Cc2ccccc2[C@@H]1C. The van der Waals surface area contributed by atoms with Crippen molar-refractivity contribution in [3.8, 4) is 0 Å². The maximum absolute atomic E-state index is 2.45. The van der Waals surface area contributed by atoms with E-state index < -0.39 is 0 Å². The molecule has 0 spiro atoms. The van der Waals surface area contributed by atoms with Crippen LogP contribution in [-0.2, 0) is 6.54 Å². The molecule has 2 fully saturated rings. The standard InChI is InChI=1S/C18H21N.C12H22/c1-13-14(2)17-10-6-7-11-18(17)19(3)12-15-8-4-5-9-16(13)15;1-8-4-6-11-10(3)12(11)7-5-9(8)2/h4-11,13-14H,12H2,1-3H3;8-12H,4-7H2,1-3H3/t13-,14+;8-,9+,10?,11?,12?/m1./s1. The molecule has 2 aromatic carbocycles. The molecule has 2 saturated carbocycles. The van der Waals surface area contributed by atoms with E-state index in [1.54, 1.807) is 0 Å². The van der Waals surface area contributed by atoms with E-state index in [-0.39, 0.29) is 0 Å². The first-order chi connectivity index (χ1) is 14.9. The Morgan fingerprint density at radius 2 is 1.16 bits per heavy atom. The number of hydrogen-bond acceptors (Lipinski definition) is 1. The van der Waals surface area contributed by atoms with E-state index in [2.05, 4.69) is 95.1 Å². The van der Waals surface area contributed by atoms with Crippen LogP contribution < -0.4 is 4.90 Å². The molecule has 1 nitrogen and oxygen atoms in total. The van der Waals surface area contributed by atoms with Crippen LogP contribution in [0.3, 0.4) is 0 Å². The first-order valence-electron chi connectivity index (χ1n) is 12.8. The average Bonchev–Trinajstić information content (AvgIpc) is 3.40. The van der Waals surface area contributed by atoms with Crippen molar-refractivity contribution in [3.05, 3.63) is 65.2 Å². The number of nitrogens with zero attached hydrogens (tertiary/aromatic N) is 1. The van der Waals surface area contributed by atoms with E-state index in [1.165, 1.54) is 48.1 Å². The van der Waals surface area contributed by atoms with Gasteiger partial charge in [0.2, 0.25) is 0 Å². The Morgan fingerprint density at radius 3 is 1.81 bits per heavy atom. The topological polar surface area (TPSA) is 3.24 Å². The van der Waals surface area contributed by atoms with Gasteiger partial charge in [0.05, 0.1) is 0 Å². The van der Waals surface area contributed by atoms with Crippen LogP contribution in [0.2, 0.25) is 0 Å². The minimum Gasteiger partial charge on any atom is -0.370 e. The Kier molecular flexibility index (Phi) is 6.80. The number of benzene rings is 2. The lowest BCUT2D eigenvalue weighted by atomic mass is 9.80. The van der Waals surface area contributed by atoms with Crippen molar-refractivity contribution >= 4 is 5.69 Å². The Hall–Kier alpha value is -1.76. The Bertz CT molecular complexity index is 844. The molecular weight excluding hydrogens is 374 g/mol. The second kappa shape index (κ2) is 9.39. The van der Waals surface area contributed by atoms with Gasteiger partial charge in [-0.25, -0.2) is 0 Å². The summed E-state index contributed by atoms with van der Waals surface area (Å²) in [5, 5.41) is 0. The minimum absolute atomic E-state index is 0.542. The maximum atomic E-state index is 2.45. The molecule has 3 unspecified atom stereocenters. The first kappa shape index (κ1) is 22.4. The lowest BCUT2D eigenvalue weighted by Crippen LogP contribution is -2.23. The molecule has 0 bridgehead atoms. The van der Waals surface area contributed by atoms with E-state index in [1.807, 2.05) is 0 Å². The van der Waals surface area contributed by atoms with Crippen LogP contribution in [0.15, 0.2) is 48.5 Å². The van der Waals surface area contributed by atoms with Gasteiger partial charge in [-0.1, -0.05) is 89.9 Å². The molecule has 31 heavy (non-hydrogen) atoms. The van der Waals surface area contributed by atoms with Crippen LogP contribution in [0.25, 0.3) is 0 Å². The third-order valence-electron chi connectivity index (χ3n) is 9.18. The van der Waals surface area contributed by atoms with Gasteiger partial charge < -0.3 is 4.90 Å². The summed E-state index contributed by atoms with van der Waals surface area (Å²) in [4.78, 5) is 2.37. The van der Waals surface area contributed by atoms with Gasteiger partial charge in [-0.3, -0.25) is 0 Å². The van der Waals surface area contributed by atoms with E-state index >= 15 is 0 Å². The van der Waals surface area contributed by atoms with Gasteiger partial charge in [-0.05, 0) is 77.0 Å². The fraction of sp³-hybridized carbons (Fsp3) is 0.600. The maximum Gasteiger partial charge on any atom is 0.0429 e. The van der Waals surface area contributed by atoms with E-state index in [4.69, 9.17) is 0 Å². The molecule has 7 atom stereocenters. The van der Waals surface area contributed by atoms with Crippen LogP contribution in [0.4, 0.5) is 5.69 Å². The highest BCUT2D eigenvalue weighted by atomic mass is 15.1. The average molecular weight is 418 g/mol. The van der Waals surface area contributed by atoms with Crippen LogP contribution in [0.1, 0.15) is 88.8 Å². The van der Waals surface area contributed by atoms with Crippen LogP contribution in [-0.4, -0.2) is 7.05 Å². The third kappa shape index (κ3) is 4.71. The molecule has 2 aromatic rings. The Labute approximate surface area is 191 Å². The fourth-order valence-electron chi connectivity index (χ4n) is 6.29. The zero-order valence-electron chi connectivity index (χ0n) is 20.6. The molecular formula is C30H43N. The number of fused-ring (bicyclic) bond motifs is 3. The Morgan fingerprint density at radius 1 is 0.645 bits per heavy atom. The molecule has 0 amide bonds. The van der Waals surface area contributed by atoms with Crippen molar-refractivity contribution in [2.75, 3.05) is 11.9 Å². The molecule has 0 saturated heterocycles. The van der Waals surface area contributed by atoms with E-state index in [0.717, 1.165) is 36.1 Å². The molecule has 0 radical (unpaired) electrons. The fourth-order valence-corrected chi connectivity index (χ4v) is 6.29. The van der Waals surface area contributed by atoms with Gasteiger partial charge in [0, 0.05) is 19.3 Å². The molecule has 5 rings (SSSR count). The number of rotatable bonds is 0. The zero-order valence-corrected chi connectivity index (χ0v) is 20.6. The lowest BCUT2D eigenvalue weighted by Gasteiger charge is -2.33. The monoisotopic (exact) mass is 417 g/mol. The van der Waals surface area contributed by atoms with Gasteiger partial charge in [0.15, 0.2) is 0 Å². The number of para-hydroxylation sites is 1. The number of hydrogen-bond donors (Lipinski definition) is 0. The predicted octanol–water partition coefficient (Wildman–Crippen LogP) is 8.26. The summed E-state index contributed by atoms with van der Waals surface area (Å²) in [5.74, 6) is 6.39. The van der Waals surface area contributed by atoms with Crippen LogP contribution >= 0.6 is 0 Å². The highest BCUT2D eigenvalue weighted by Gasteiger charge is 2.46. The predicted molar refractivity (Wildman–Crippen MR) is 135 cm³/mol. The Balaban J connectivity index is 0.000000166. The second-order valence-corrected chi connectivity index (χ2v) is 11.0. The van der Waals surface area contributed by atoms with Crippen molar-refractivity contribution in [3.63, 3.8) is 0 Å². The third-order valence-corrected chi connectivity index (χ3v) is 9.18. The lowest BCUT2D eigenvalue weighted by molar-refractivity contribution is 0.295. The molecule has 1 aliphatic heterocycles. The highest BCUT2D eigenvalue weighted by molar-refractivity contribution is 5.57. The van der Waals surface area contributed by atoms with Crippen molar-refractivity contribution in [1.29, 1.82) is 0 Å². The van der Waals surface area contributed by atoms with Crippen molar-refractivity contribution in [1.82, 2.24) is 0 Å². The van der Waals surface area contributed by atoms with E-state index in [0.29, 0.717) is 11.8 Å². The van der Waals surface area contributed by atoms with Gasteiger partial charge in [0.25, 0.3) is 0 Å². The summed E-state index contributed by atoms with van der Waals surface area (Å²) < 4.78 is 0. The summed E-state index contributed by atoms with van der Waals surface area (Å²) in [5.41, 5.74) is 5.79. The number of anilines is 1. The van der Waals surface area contributed by atoms with Gasteiger partial charge in [-0.2, -0.15) is 0 Å². The van der Waals surface area contributed by atoms with Crippen LogP contribution in [0.5, 0.6) is 0 Å². The molecule has 168 valence electrons. The van der Waals surface area contributed by atoms with Gasteiger partial charge >= 0.3 is 0 Å². The van der Waals surface area contributed by atoms with Crippen molar-refractivity contribution in [2.24, 2.45) is 29.6 Å². The van der Waals surface area contributed by atoms with E-state index in [9.17, 15) is 0 Å². The van der Waals surface area contributed by atoms with Crippen molar-refractivity contribution in [2.45, 2.75) is 78.7 Å². The quantitative estimate of drug-likeness (QED) is 0.417. The normalized spacial score (nSPS) is 34.4. The summed E-state index contributed by atoms with van der Waals surface area (Å²) in [6.45, 7) is 13.0. The van der Waals surface area contributed by atoms with Crippen molar-refractivity contribution < 1.29 is 0 Å². The van der Waals surface area contributed by atoms with Gasteiger partial charge in [0.1, 0.15) is 0 Å². The molecule has 2 aliphatic carbocycles. The zero-order chi connectivity index (χ0) is 22.1. The summed E-state index contributed by atoms with van der Waals surface area (Å²) in [7, 11) is 2.19. The molecule has 3 aliphatic rings.